The lowest BCUT2D eigenvalue weighted by molar-refractivity contribution is 0.0618. The first-order valence-electron chi connectivity index (χ1n) is 7.83. The third kappa shape index (κ3) is 3.13. The summed E-state index contributed by atoms with van der Waals surface area (Å²) in [6.45, 7) is 4.07. The number of aromatic nitrogens is 1. The van der Waals surface area contributed by atoms with Crippen molar-refractivity contribution in [2.45, 2.75) is 6.54 Å². The molecule has 3 aromatic heterocycles. The predicted molar refractivity (Wildman–Crippen MR) is 89.7 cm³/mol. The molecule has 4 heterocycles. The van der Waals surface area contributed by atoms with Crippen LogP contribution in [0.5, 0.6) is 0 Å². The molecule has 1 amide bonds. The summed E-state index contributed by atoms with van der Waals surface area (Å²) >= 11 is 1.71. The first-order chi connectivity index (χ1) is 11.8. The quantitative estimate of drug-likeness (QED) is 0.729. The van der Waals surface area contributed by atoms with E-state index in [9.17, 15) is 4.79 Å². The van der Waals surface area contributed by atoms with Crippen molar-refractivity contribution in [3.63, 3.8) is 0 Å². The van der Waals surface area contributed by atoms with Crippen LogP contribution in [-0.4, -0.2) is 47.0 Å². The second-order valence-electron chi connectivity index (χ2n) is 5.75. The maximum absolute atomic E-state index is 12.6. The average molecular weight is 343 g/mol. The number of amides is 1. The lowest BCUT2D eigenvalue weighted by Gasteiger charge is -2.34. The molecular weight excluding hydrogens is 326 g/mol. The van der Waals surface area contributed by atoms with Gasteiger partial charge in [-0.05, 0) is 34.5 Å². The van der Waals surface area contributed by atoms with E-state index < -0.39 is 0 Å². The largest absolute Gasteiger partial charge is 0.461 e. The summed E-state index contributed by atoms with van der Waals surface area (Å²) in [7, 11) is 0. The average Bonchev–Trinajstić information content (AvgIpc) is 3.36. The molecule has 0 saturated carbocycles. The summed E-state index contributed by atoms with van der Waals surface area (Å²) in [4.78, 5) is 16.8. The first kappa shape index (κ1) is 15.2. The van der Waals surface area contributed by atoms with Crippen molar-refractivity contribution in [3.05, 3.63) is 52.5 Å². The third-order valence-electron chi connectivity index (χ3n) is 4.14. The maximum atomic E-state index is 12.6. The van der Waals surface area contributed by atoms with Crippen LogP contribution in [0, 0.1) is 0 Å². The molecule has 1 aliphatic rings. The summed E-state index contributed by atoms with van der Waals surface area (Å²) < 4.78 is 10.5. The summed E-state index contributed by atoms with van der Waals surface area (Å²) in [5.74, 6) is 0.952. The molecule has 7 heteroatoms. The van der Waals surface area contributed by atoms with E-state index >= 15 is 0 Å². The molecule has 0 N–H and O–H groups in total. The molecule has 0 spiro atoms. The minimum absolute atomic E-state index is 0.0910. The van der Waals surface area contributed by atoms with E-state index in [2.05, 4.69) is 26.9 Å². The summed E-state index contributed by atoms with van der Waals surface area (Å²) in [5, 5.41) is 8.15. The fourth-order valence-corrected chi connectivity index (χ4v) is 3.48. The molecular formula is C17H17N3O3S. The number of carbonyl (C=O) groups is 1. The van der Waals surface area contributed by atoms with Crippen LogP contribution < -0.4 is 0 Å². The molecule has 6 nitrogen and oxygen atoms in total. The van der Waals surface area contributed by atoms with Gasteiger partial charge >= 0.3 is 0 Å². The zero-order chi connectivity index (χ0) is 16.4. The minimum atomic E-state index is -0.0910. The van der Waals surface area contributed by atoms with Crippen molar-refractivity contribution < 1.29 is 13.7 Å². The fraction of sp³-hybridized carbons (Fsp3) is 0.294. The first-order valence-corrected chi connectivity index (χ1v) is 8.77. The second-order valence-corrected chi connectivity index (χ2v) is 6.53. The van der Waals surface area contributed by atoms with Gasteiger partial charge in [0, 0.05) is 38.8 Å². The number of carbonyl (C=O) groups excluding carboxylic acids is 1. The van der Waals surface area contributed by atoms with Crippen LogP contribution in [0.2, 0.25) is 0 Å². The Bertz CT molecular complexity index is 787. The van der Waals surface area contributed by atoms with E-state index in [1.165, 1.54) is 5.56 Å². The Morgan fingerprint density at radius 2 is 2.08 bits per heavy atom. The van der Waals surface area contributed by atoms with Crippen LogP contribution >= 0.6 is 11.3 Å². The van der Waals surface area contributed by atoms with Gasteiger partial charge in [-0.25, -0.2) is 0 Å². The highest BCUT2D eigenvalue weighted by atomic mass is 32.1. The van der Waals surface area contributed by atoms with Crippen molar-refractivity contribution in [1.82, 2.24) is 15.0 Å². The van der Waals surface area contributed by atoms with Gasteiger partial charge in [-0.2, -0.15) is 11.3 Å². The molecule has 4 rings (SSSR count). The SMILES string of the molecule is O=C(c1cc(-c2ccco2)on1)N1CCN(Cc2ccsc2)CC1. The van der Waals surface area contributed by atoms with Crippen molar-refractivity contribution >= 4 is 17.2 Å². The minimum Gasteiger partial charge on any atom is -0.461 e. The molecule has 0 aromatic carbocycles. The lowest BCUT2D eigenvalue weighted by atomic mass is 10.2. The Labute approximate surface area is 143 Å². The van der Waals surface area contributed by atoms with Gasteiger partial charge < -0.3 is 13.8 Å². The van der Waals surface area contributed by atoms with E-state index in [0.29, 0.717) is 30.3 Å². The molecule has 1 saturated heterocycles. The van der Waals surface area contributed by atoms with Gasteiger partial charge in [0.05, 0.1) is 6.26 Å². The fourth-order valence-electron chi connectivity index (χ4n) is 2.82. The van der Waals surface area contributed by atoms with Crippen LogP contribution in [0.1, 0.15) is 16.1 Å². The van der Waals surface area contributed by atoms with E-state index in [1.54, 1.807) is 35.8 Å². The van der Waals surface area contributed by atoms with Gasteiger partial charge in [0.15, 0.2) is 11.5 Å². The smallest absolute Gasteiger partial charge is 0.276 e. The van der Waals surface area contributed by atoms with Crippen molar-refractivity contribution in [1.29, 1.82) is 0 Å². The number of nitrogens with zero attached hydrogens (tertiary/aromatic N) is 3. The molecule has 1 aliphatic heterocycles. The lowest BCUT2D eigenvalue weighted by Crippen LogP contribution is -2.48. The summed E-state index contributed by atoms with van der Waals surface area (Å²) in [6.07, 6.45) is 1.56. The molecule has 24 heavy (non-hydrogen) atoms. The Kier molecular flexibility index (Phi) is 4.18. The van der Waals surface area contributed by atoms with E-state index in [1.807, 2.05) is 4.90 Å². The Morgan fingerprint density at radius 3 is 2.79 bits per heavy atom. The van der Waals surface area contributed by atoms with Crippen LogP contribution in [0.25, 0.3) is 11.5 Å². The molecule has 0 bridgehead atoms. The molecule has 1 fully saturated rings. The van der Waals surface area contributed by atoms with Gasteiger partial charge in [0.25, 0.3) is 5.91 Å². The molecule has 0 unspecified atom stereocenters. The standard InChI is InChI=1S/C17H17N3O3S/c21-17(14-10-16(23-18-14)15-2-1-8-22-15)20-6-4-19(5-7-20)11-13-3-9-24-12-13/h1-3,8-10,12H,4-7,11H2. The maximum Gasteiger partial charge on any atom is 0.276 e. The molecule has 0 aliphatic carbocycles. The van der Waals surface area contributed by atoms with Crippen LogP contribution in [-0.2, 0) is 6.54 Å². The molecule has 0 atom stereocenters. The van der Waals surface area contributed by atoms with Gasteiger partial charge in [0.1, 0.15) is 0 Å². The van der Waals surface area contributed by atoms with E-state index in [4.69, 9.17) is 8.94 Å². The van der Waals surface area contributed by atoms with Crippen molar-refractivity contribution in [2.24, 2.45) is 0 Å². The summed E-state index contributed by atoms with van der Waals surface area (Å²) in [6, 6.07) is 7.33. The number of rotatable bonds is 4. The monoisotopic (exact) mass is 343 g/mol. The van der Waals surface area contributed by atoms with Crippen LogP contribution in [0.4, 0.5) is 0 Å². The highest BCUT2D eigenvalue weighted by Crippen LogP contribution is 2.21. The third-order valence-corrected chi connectivity index (χ3v) is 4.87. The number of hydrogen-bond acceptors (Lipinski definition) is 6. The van der Waals surface area contributed by atoms with Gasteiger partial charge in [-0.3, -0.25) is 9.69 Å². The molecule has 3 aromatic rings. The van der Waals surface area contributed by atoms with E-state index in [-0.39, 0.29) is 5.91 Å². The highest BCUT2D eigenvalue weighted by Gasteiger charge is 2.25. The second kappa shape index (κ2) is 6.62. The zero-order valence-corrected chi connectivity index (χ0v) is 13.9. The van der Waals surface area contributed by atoms with E-state index in [0.717, 1.165) is 19.6 Å². The van der Waals surface area contributed by atoms with Gasteiger partial charge in [-0.15, -0.1) is 0 Å². The highest BCUT2D eigenvalue weighted by molar-refractivity contribution is 7.07. The van der Waals surface area contributed by atoms with Gasteiger partial charge in [0.2, 0.25) is 5.76 Å². The number of furan rings is 1. The Hall–Kier alpha value is -2.38. The van der Waals surface area contributed by atoms with Crippen molar-refractivity contribution in [3.8, 4) is 11.5 Å². The number of hydrogen-bond donors (Lipinski definition) is 0. The molecule has 0 radical (unpaired) electrons. The topological polar surface area (TPSA) is 62.7 Å². The predicted octanol–water partition coefficient (Wildman–Crippen LogP) is 2.95. The van der Waals surface area contributed by atoms with Crippen molar-refractivity contribution in [2.75, 3.05) is 26.2 Å². The normalized spacial score (nSPS) is 15.8. The van der Waals surface area contributed by atoms with Crippen LogP contribution in [0.15, 0.2) is 50.2 Å². The van der Waals surface area contributed by atoms with Crippen LogP contribution in [0.3, 0.4) is 0 Å². The zero-order valence-electron chi connectivity index (χ0n) is 13.1. The molecule has 124 valence electrons. The number of piperazine rings is 1. The Morgan fingerprint density at radius 1 is 1.21 bits per heavy atom. The summed E-state index contributed by atoms with van der Waals surface area (Å²) in [5.41, 5.74) is 1.66. The van der Waals surface area contributed by atoms with Gasteiger partial charge in [-0.1, -0.05) is 5.16 Å². The Balaban J connectivity index is 1.36. The number of thiophene rings is 1.